The molecule has 2 aliphatic carbocycles. The Morgan fingerprint density at radius 1 is 1.11 bits per heavy atom. The molecule has 1 amide bonds. The predicted molar refractivity (Wildman–Crippen MR) is 71.3 cm³/mol. The van der Waals surface area contributed by atoms with Gasteiger partial charge in [-0.15, -0.1) is 0 Å². The topological polar surface area (TPSA) is 61.4 Å². The monoisotopic (exact) mass is 254 g/mol. The van der Waals surface area contributed by atoms with Gasteiger partial charge in [0.2, 0.25) is 5.91 Å². The van der Waals surface area contributed by atoms with E-state index in [9.17, 15) is 9.90 Å². The van der Waals surface area contributed by atoms with Crippen molar-refractivity contribution < 1.29 is 9.90 Å². The second-order valence-electron chi connectivity index (χ2n) is 5.94. The van der Waals surface area contributed by atoms with Gasteiger partial charge in [-0.2, -0.15) is 0 Å². The van der Waals surface area contributed by atoms with Crippen molar-refractivity contribution >= 4 is 5.91 Å². The van der Waals surface area contributed by atoms with E-state index in [1.165, 1.54) is 19.3 Å². The average Bonchev–Trinajstić information content (AvgIpc) is 2.82. The van der Waals surface area contributed by atoms with Gasteiger partial charge in [-0.25, -0.2) is 0 Å². The summed E-state index contributed by atoms with van der Waals surface area (Å²) in [6.45, 7) is 0.879. The van der Waals surface area contributed by atoms with Crippen LogP contribution in [0.1, 0.15) is 57.8 Å². The summed E-state index contributed by atoms with van der Waals surface area (Å²) in [5.74, 6) is 0.0707. The lowest BCUT2D eigenvalue weighted by molar-refractivity contribution is -0.121. The fraction of sp³-hybridized carbons (Fsp3) is 0.929. The van der Waals surface area contributed by atoms with Crippen LogP contribution in [-0.2, 0) is 4.79 Å². The second kappa shape index (κ2) is 6.53. The Morgan fingerprint density at radius 2 is 1.78 bits per heavy atom. The van der Waals surface area contributed by atoms with Crippen LogP contribution in [0.15, 0.2) is 0 Å². The number of carbonyl (C=O) groups is 1. The third-order valence-corrected chi connectivity index (χ3v) is 4.24. The predicted octanol–water partition coefficient (Wildman–Crippen LogP) is 1.33. The third kappa shape index (κ3) is 4.25. The van der Waals surface area contributed by atoms with Gasteiger partial charge in [-0.1, -0.05) is 32.1 Å². The molecule has 0 spiro atoms. The number of hydrogen-bond acceptors (Lipinski definition) is 3. The number of rotatable bonds is 5. The molecule has 0 heterocycles. The molecule has 2 fully saturated rings. The largest absolute Gasteiger partial charge is 0.389 e. The van der Waals surface area contributed by atoms with E-state index in [-0.39, 0.29) is 5.91 Å². The highest BCUT2D eigenvalue weighted by Crippen LogP contribution is 2.27. The van der Waals surface area contributed by atoms with E-state index >= 15 is 0 Å². The molecule has 2 saturated carbocycles. The van der Waals surface area contributed by atoms with E-state index in [1.807, 2.05) is 0 Å². The molecule has 18 heavy (non-hydrogen) atoms. The maximum atomic E-state index is 11.7. The van der Waals surface area contributed by atoms with Crippen LogP contribution in [0.2, 0.25) is 0 Å². The summed E-state index contributed by atoms with van der Waals surface area (Å²) >= 11 is 0. The first-order chi connectivity index (χ1) is 8.68. The first-order valence-electron chi connectivity index (χ1n) is 7.40. The Hall–Kier alpha value is -0.610. The zero-order valence-electron chi connectivity index (χ0n) is 11.2. The van der Waals surface area contributed by atoms with Crippen molar-refractivity contribution in [1.82, 2.24) is 10.6 Å². The van der Waals surface area contributed by atoms with Crippen molar-refractivity contribution in [2.75, 3.05) is 13.1 Å². The van der Waals surface area contributed by atoms with Crippen molar-refractivity contribution in [3.8, 4) is 0 Å². The molecular weight excluding hydrogens is 228 g/mol. The highest BCUT2D eigenvalue weighted by molar-refractivity contribution is 5.78. The van der Waals surface area contributed by atoms with Crippen LogP contribution >= 0.6 is 0 Å². The molecule has 0 aliphatic heterocycles. The molecule has 0 atom stereocenters. The summed E-state index contributed by atoms with van der Waals surface area (Å²) < 4.78 is 0. The molecule has 4 nitrogen and oxygen atoms in total. The lowest BCUT2D eigenvalue weighted by atomic mass is 9.85. The molecule has 0 aromatic heterocycles. The molecule has 4 heteroatoms. The Bertz CT molecular complexity index is 269. The summed E-state index contributed by atoms with van der Waals surface area (Å²) in [7, 11) is 0. The quantitative estimate of drug-likeness (QED) is 0.693. The van der Waals surface area contributed by atoms with Gasteiger partial charge in [0.05, 0.1) is 12.1 Å². The number of amides is 1. The van der Waals surface area contributed by atoms with E-state index in [1.54, 1.807) is 0 Å². The van der Waals surface area contributed by atoms with E-state index < -0.39 is 5.60 Å². The summed E-state index contributed by atoms with van der Waals surface area (Å²) in [4.78, 5) is 11.7. The number of nitrogens with one attached hydrogen (secondary N) is 2. The maximum absolute atomic E-state index is 11.7. The van der Waals surface area contributed by atoms with Crippen LogP contribution in [0, 0.1) is 0 Å². The first-order valence-corrected chi connectivity index (χ1v) is 7.40. The molecule has 0 unspecified atom stereocenters. The van der Waals surface area contributed by atoms with Gasteiger partial charge >= 0.3 is 0 Å². The van der Waals surface area contributed by atoms with Crippen molar-refractivity contribution in [3.05, 3.63) is 0 Å². The molecule has 0 radical (unpaired) electrons. The molecule has 104 valence electrons. The van der Waals surface area contributed by atoms with Gasteiger partial charge in [0, 0.05) is 12.6 Å². The smallest absolute Gasteiger partial charge is 0.234 e. The van der Waals surface area contributed by atoms with Crippen molar-refractivity contribution in [2.24, 2.45) is 0 Å². The van der Waals surface area contributed by atoms with Crippen LogP contribution < -0.4 is 10.6 Å². The van der Waals surface area contributed by atoms with Crippen LogP contribution in [0.25, 0.3) is 0 Å². The Labute approximate surface area is 110 Å². The van der Waals surface area contributed by atoms with Gasteiger partial charge in [0.1, 0.15) is 0 Å². The normalized spacial score (nSPS) is 24.1. The molecule has 0 aromatic rings. The van der Waals surface area contributed by atoms with Crippen LogP contribution in [-0.4, -0.2) is 35.7 Å². The van der Waals surface area contributed by atoms with Gasteiger partial charge in [-0.3, -0.25) is 4.79 Å². The van der Waals surface area contributed by atoms with Crippen molar-refractivity contribution in [3.63, 3.8) is 0 Å². The zero-order valence-corrected chi connectivity index (χ0v) is 11.2. The molecule has 2 rings (SSSR count). The summed E-state index contributed by atoms with van der Waals surface area (Å²) in [5, 5.41) is 16.4. The molecular formula is C14H26N2O2. The van der Waals surface area contributed by atoms with E-state index in [4.69, 9.17) is 0 Å². The molecule has 0 aromatic carbocycles. The number of aliphatic hydroxyl groups is 1. The SMILES string of the molecule is O=C(CNCC1(O)CCCCC1)NC1CCCC1. The average molecular weight is 254 g/mol. The minimum Gasteiger partial charge on any atom is -0.389 e. The molecule has 3 N–H and O–H groups in total. The lowest BCUT2D eigenvalue weighted by Gasteiger charge is -2.32. The van der Waals surface area contributed by atoms with Crippen LogP contribution in [0.4, 0.5) is 0 Å². The number of hydrogen-bond donors (Lipinski definition) is 3. The minimum absolute atomic E-state index is 0.0707. The Balaban J connectivity index is 1.60. The van der Waals surface area contributed by atoms with Gasteiger partial charge in [0.25, 0.3) is 0 Å². The van der Waals surface area contributed by atoms with E-state index in [2.05, 4.69) is 10.6 Å². The Kier molecular flexibility index (Phi) is 5.01. The molecule has 0 bridgehead atoms. The highest BCUT2D eigenvalue weighted by Gasteiger charge is 2.28. The highest BCUT2D eigenvalue weighted by atomic mass is 16.3. The summed E-state index contributed by atoms with van der Waals surface area (Å²) in [6, 6.07) is 0.386. The fourth-order valence-corrected chi connectivity index (χ4v) is 3.14. The first kappa shape index (κ1) is 13.8. The standard InChI is InChI=1S/C14H26N2O2/c17-13(16-12-6-2-3-7-12)10-15-11-14(18)8-4-1-5-9-14/h12,15,18H,1-11H2,(H,16,17). The molecule has 2 aliphatic rings. The second-order valence-corrected chi connectivity index (χ2v) is 5.94. The Morgan fingerprint density at radius 3 is 2.44 bits per heavy atom. The zero-order chi connectivity index (χ0) is 12.8. The summed E-state index contributed by atoms with van der Waals surface area (Å²) in [6.07, 6.45) is 9.87. The van der Waals surface area contributed by atoms with Crippen molar-refractivity contribution in [1.29, 1.82) is 0 Å². The van der Waals surface area contributed by atoms with Gasteiger partial charge < -0.3 is 15.7 Å². The minimum atomic E-state index is -0.577. The molecule has 0 saturated heterocycles. The fourth-order valence-electron chi connectivity index (χ4n) is 3.14. The lowest BCUT2D eigenvalue weighted by Crippen LogP contribution is -2.46. The van der Waals surface area contributed by atoms with E-state index in [0.29, 0.717) is 19.1 Å². The van der Waals surface area contributed by atoms with Crippen LogP contribution in [0.5, 0.6) is 0 Å². The number of carbonyl (C=O) groups excluding carboxylic acids is 1. The van der Waals surface area contributed by atoms with Crippen molar-refractivity contribution in [2.45, 2.75) is 69.4 Å². The van der Waals surface area contributed by atoms with E-state index in [0.717, 1.165) is 38.5 Å². The van der Waals surface area contributed by atoms with Crippen LogP contribution in [0.3, 0.4) is 0 Å². The van der Waals surface area contributed by atoms with Gasteiger partial charge in [0.15, 0.2) is 0 Å². The third-order valence-electron chi connectivity index (χ3n) is 4.24. The summed E-state index contributed by atoms with van der Waals surface area (Å²) in [5.41, 5.74) is -0.577. The van der Waals surface area contributed by atoms with Gasteiger partial charge in [-0.05, 0) is 25.7 Å². The maximum Gasteiger partial charge on any atom is 0.234 e.